The van der Waals surface area contributed by atoms with Gasteiger partial charge < -0.3 is 18.9 Å². The molecule has 8 nitrogen and oxygen atoms in total. The second kappa shape index (κ2) is 9.68. The lowest BCUT2D eigenvalue weighted by molar-refractivity contribution is 0.0706. The molecule has 0 bridgehead atoms. The molecule has 0 unspecified atom stereocenters. The average molecular weight is 457 g/mol. The van der Waals surface area contributed by atoms with E-state index in [1.807, 2.05) is 77.6 Å². The molecule has 1 fully saturated rings. The number of hydroxylamine groups is 1. The Bertz CT molecular complexity index is 1240. The third-order valence-electron chi connectivity index (χ3n) is 5.67. The molecule has 1 saturated heterocycles. The minimum atomic E-state index is -0.551. The first kappa shape index (κ1) is 21.5. The summed E-state index contributed by atoms with van der Waals surface area (Å²) in [6, 6.07) is 20.7. The van der Waals surface area contributed by atoms with Gasteiger partial charge in [-0.05, 0) is 54.6 Å². The second-order valence-electron chi connectivity index (χ2n) is 7.97. The Kier molecular flexibility index (Phi) is 6.13. The van der Waals surface area contributed by atoms with Crippen molar-refractivity contribution < 1.29 is 19.5 Å². The summed E-state index contributed by atoms with van der Waals surface area (Å²) in [7, 11) is 0. The van der Waals surface area contributed by atoms with E-state index in [2.05, 4.69) is 9.88 Å². The fourth-order valence-electron chi connectivity index (χ4n) is 3.95. The van der Waals surface area contributed by atoms with Gasteiger partial charge in [0.05, 0.1) is 30.0 Å². The van der Waals surface area contributed by atoms with Gasteiger partial charge in [0.25, 0.3) is 5.91 Å². The second-order valence-corrected chi connectivity index (χ2v) is 7.97. The molecule has 8 heteroatoms. The monoisotopic (exact) mass is 456 g/mol. The van der Waals surface area contributed by atoms with Crippen LogP contribution >= 0.6 is 0 Å². The molecule has 1 aliphatic heterocycles. The van der Waals surface area contributed by atoms with Crippen LogP contribution in [0, 0.1) is 0 Å². The van der Waals surface area contributed by atoms with Crippen molar-refractivity contribution in [1.82, 2.24) is 15.0 Å². The van der Waals surface area contributed by atoms with Crippen molar-refractivity contribution in [2.75, 3.05) is 18.0 Å². The smallest absolute Gasteiger partial charge is 0.276 e. The maximum atomic E-state index is 12.2. The lowest BCUT2D eigenvalue weighted by Crippen LogP contribution is -2.54. The standard InChI is InChI=1S/C26H24N4O4/c31-26(28-32)23-6-3-7-24(25(23)29-13-1-2-14-29)30-16-22(17-30)34-21-10-8-20(9-11-21)33-18-19-5-4-12-27-15-19/h1-15,22,32H,16-18H2,(H,28,31). The van der Waals surface area contributed by atoms with Gasteiger partial charge >= 0.3 is 0 Å². The van der Waals surface area contributed by atoms with Gasteiger partial charge in [0.1, 0.15) is 24.2 Å². The van der Waals surface area contributed by atoms with E-state index < -0.39 is 5.91 Å². The van der Waals surface area contributed by atoms with Crippen molar-refractivity contribution >= 4 is 11.6 Å². The highest BCUT2D eigenvalue weighted by molar-refractivity contribution is 5.99. The summed E-state index contributed by atoms with van der Waals surface area (Å²) in [5.41, 5.74) is 4.76. The predicted molar refractivity (Wildman–Crippen MR) is 127 cm³/mol. The molecule has 0 spiro atoms. The number of pyridine rings is 1. The number of para-hydroxylation sites is 1. The molecule has 1 aliphatic rings. The summed E-state index contributed by atoms with van der Waals surface area (Å²) in [6.45, 7) is 1.82. The molecule has 3 heterocycles. The number of nitrogens with zero attached hydrogens (tertiary/aromatic N) is 3. The van der Waals surface area contributed by atoms with Gasteiger partial charge in [-0.25, -0.2) is 5.48 Å². The number of nitrogens with one attached hydrogen (secondary N) is 1. The third kappa shape index (κ3) is 4.57. The first-order valence-electron chi connectivity index (χ1n) is 11.0. The van der Waals surface area contributed by atoms with Crippen molar-refractivity contribution in [1.29, 1.82) is 0 Å². The van der Waals surface area contributed by atoms with E-state index in [1.54, 1.807) is 23.9 Å². The van der Waals surface area contributed by atoms with Gasteiger partial charge in [-0.3, -0.25) is 15.0 Å². The first-order valence-corrected chi connectivity index (χ1v) is 11.0. The molecule has 0 saturated carbocycles. The van der Waals surface area contributed by atoms with Crippen LogP contribution in [0.5, 0.6) is 11.5 Å². The van der Waals surface area contributed by atoms with Crippen molar-refractivity contribution in [3.8, 4) is 17.2 Å². The Morgan fingerprint density at radius 1 is 1.00 bits per heavy atom. The Morgan fingerprint density at radius 3 is 2.47 bits per heavy atom. The van der Waals surface area contributed by atoms with E-state index in [9.17, 15) is 10.0 Å². The van der Waals surface area contributed by atoms with Crippen LogP contribution in [0.3, 0.4) is 0 Å². The summed E-state index contributed by atoms with van der Waals surface area (Å²) in [5.74, 6) is 0.990. The van der Waals surface area contributed by atoms with E-state index in [1.165, 1.54) is 0 Å². The minimum absolute atomic E-state index is 0.0231. The summed E-state index contributed by atoms with van der Waals surface area (Å²) < 4.78 is 13.8. The lowest BCUT2D eigenvalue weighted by atomic mass is 10.0. The number of anilines is 1. The molecule has 2 N–H and O–H groups in total. The van der Waals surface area contributed by atoms with Crippen molar-refractivity contribution in [3.05, 3.63) is 103 Å². The zero-order valence-corrected chi connectivity index (χ0v) is 18.4. The number of carbonyl (C=O) groups excluding carboxylic acids is 1. The largest absolute Gasteiger partial charge is 0.489 e. The number of aromatic nitrogens is 2. The van der Waals surface area contributed by atoms with Crippen LogP contribution in [0.1, 0.15) is 15.9 Å². The summed E-state index contributed by atoms with van der Waals surface area (Å²) in [6.07, 6.45) is 7.29. The van der Waals surface area contributed by atoms with E-state index >= 15 is 0 Å². The Hall–Kier alpha value is -4.30. The minimum Gasteiger partial charge on any atom is -0.489 e. The van der Waals surface area contributed by atoms with Gasteiger partial charge in [-0.15, -0.1) is 0 Å². The predicted octanol–water partition coefficient (Wildman–Crippen LogP) is 3.84. The maximum absolute atomic E-state index is 12.2. The molecule has 0 atom stereocenters. The van der Waals surface area contributed by atoms with E-state index in [0.717, 1.165) is 22.7 Å². The van der Waals surface area contributed by atoms with Gasteiger partial charge in [0.2, 0.25) is 0 Å². The summed E-state index contributed by atoms with van der Waals surface area (Å²) in [4.78, 5) is 18.5. The van der Waals surface area contributed by atoms with E-state index in [0.29, 0.717) is 30.9 Å². The van der Waals surface area contributed by atoms with Crippen molar-refractivity contribution in [2.45, 2.75) is 12.7 Å². The highest BCUT2D eigenvalue weighted by Crippen LogP contribution is 2.33. The number of ether oxygens (including phenoxy) is 2. The van der Waals surface area contributed by atoms with Crippen LogP contribution in [0.2, 0.25) is 0 Å². The molecule has 1 amide bonds. The van der Waals surface area contributed by atoms with Crippen molar-refractivity contribution in [2.24, 2.45) is 0 Å². The Morgan fingerprint density at radius 2 is 1.76 bits per heavy atom. The quantitative estimate of drug-likeness (QED) is 0.309. The number of carbonyl (C=O) groups is 1. The van der Waals surface area contributed by atoms with Crippen LogP contribution < -0.4 is 19.9 Å². The van der Waals surface area contributed by atoms with Crippen LogP contribution in [-0.2, 0) is 6.61 Å². The molecule has 172 valence electrons. The number of amides is 1. The molecular formula is C26H24N4O4. The maximum Gasteiger partial charge on any atom is 0.276 e. The molecular weight excluding hydrogens is 432 g/mol. The zero-order valence-electron chi connectivity index (χ0n) is 18.4. The van der Waals surface area contributed by atoms with Crippen molar-refractivity contribution in [3.63, 3.8) is 0 Å². The van der Waals surface area contributed by atoms with Crippen LogP contribution in [0.15, 0.2) is 91.5 Å². The van der Waals surface area contributed by atoms with E-state index in [4.69, 9.17) is 9.47 Å². The SMILES string of the molecule is O=C(NO)c1cccc(N2CC(Oc3ccc(OCc4cccnc4)cc3)C2)c1-n1cccc1. The molecule has 0 radical (unpaired) electrons. The number of rotatable bonds is 8. The molecule has 5 rings (SSSR count). The number of benzene rings is 2. The number of hydrogen-bond donors (Lipinski definition) is 2. The molecule has 34 heavy (non-hydrogen) atoms. The molecule has 2 aromatic carbocycles. The topological polar surface area (TPSA) is 88.8 Å². The highest BCUT2D eigenvalue weighted by Gasteiger charge is 2.31. The third-order valence-corrected chi connectivity index (χ3v) is 5.67. The lowest BCUT2D eigenvalue weighted by Gasteiger charge is -2.41. The fourth-order valence-corrected chi connectivity index (χ4v) is 3.95. The average Bonchev–Trinajstić information content (AvgIpc) is 3.40. The van der Waals surface area contributed by atoms with Crippen LogP contribution in [0.25, 0.3) is 5.69 Å². The van der Waals surface area contributed by atoms with E-state index in [-0.39, 0.29) is 6.10 Å². The highest BCUT2D eigenvalue weighted by atomic mass is 16.5. The van der Waals surface area contributed by atoms with Crippen LogP contribution in [-0.4, -0.2) is 39.9 Å². The molecule has 0 aliphatic carbocycles. The van der Waals surface area contributed by atoms with Gasteiger partial charge in [0.15, 0.2) is 0 Å². The molecule has 4 aromatic rings. The summed E-state index contributed by atoms with van der Waals surface area (Å²) in [5, 5.41) is 9.17. The van der Waals surface area contributed by atoms with Gasteiger partial charge in [-0.1, -0.05) is 12.1 Å². The zero-order chi connectivity index (χ0) is 23.3. The van der Waals surface area contributed by atoms with Crippen LogP contribution in [0.4, 0.5) is 5.69 Å². The Balaban J connectivity index is 1.22. The fraction of sp³-hybridized carbons (Fsp3) is 0.154. The Labute approximate surface area is 197 Å². The molecule has 2 aromatic heterocycles. The summed E-state index contributed by atoms with van der Waals surface area (Å²) >= 11 is 0. The van der Waals surface area contributed by atoms with Gasteiger partial charge in [-0.2, -0.15) is 0 Å². The number of hydrogen-bond acceptors (Lipinski definition) is 6. The normalized spacial score (nSPS) is 13.3. The van der Waals surface area contributed by atoms with Gasteiger partial charge in [0, 0.05) is 30.4 Å². The first-order chi connectivity index (χ1) is 16.7.